The monoisotopic (exact) mass is 440 g/mol. The van der Waals surface area contributed by atoms with Crippen LogP contribution in [-0.4, -0.2) is 34.7 Å². The number of hydrogen-bond donors (Lipinski definition) is 0. The minimum atomic E-state index is -0.478. The molecule has 0 aliphatic carbocycles. The number of halogens is 1. The summed E-state index contributed by atoms with van der Waals surface area (Å²) in [6.45, 7) is 2.73. The lowest BCUT2D eigenvalue weighted by atomic mass is 10.1. The number of carbonyl (C=O) groups excluding carboxylic acids is 2. The summed E-state index contributed by atoms with van der Waals surface area (Å²) < 4.78 is 17.9. The van der Waals surface area contributed by atoms with E-state index in [1.807, 2.05) is 30.3 Å². The van der Waals surface area contributed by atoms with Gasteiger partial charge in [0, 0.05) is 17.5 Å². The Labute approximate surface area is 184 Å². The Morgan fingerprint density at radius 1 is 1.06 bits per heavy atom. The fraction of sp³-hybridized carbons (Fsp3) is 0.261. The maximum Gasteiger partial charge on any atom is 0.306 e. The topological polar surface area (TPSA) is 79.7 Å². The van der Waals surface area contributed by atoms with Crippen LogP contribution in [0.3, 0.4) is 0 Å². The van der Waals surface area contributed by atoms with E-state index < -0.39 is 5.97 Å². The van der Waals surface area contributed by atoms with E-state index in [4.69, 9.17) is 25.8 Å². The summed E-state index contributed by atoms with van der Waals surface area (Å²) in [7, 11) is 0. The van der Waals surface area contributed by atoms with Gasteiger partial charge in [-0.1, -0.05) is 29.8 Å². The number of aryl methyl sites for hydroxylation is 1. The van der Waals surface area contributed by atoms with Crippen LogP contribution in [0.5, 0.6) is 11.5 Å². The number of para-hydroxylation sites is 1. The fourth-order valence-corrected chi connectivity index (χ4v) is 3.56. The van der Waals surface area contributed by atoms with E-state index in [-0.39, 0.29) is 25.2 Å². The number of esters is 1. The van der Waals surface area contributed by atoms with Crippen molar-refractivity contribution in [1.82, 2.24) is 9.78 Å². The number of benzene rings is 2. The van der Waals surface area contributed by atoms with Crippen molar-refractivity contribution in [3.05, 3.63) is 70.5 Å². The molecule has 4 rings (SSSR count). The Kier molecular flexibility index (Phi) is 6.23. The van der Waals surface area contributed by atoms with E-state index in [1.165, 1.54) is 0 Å². The molecule has 0 atom stereocenters. The van der Waals surface area contributed by atoms with Gasteiger partial charge in [-0.25, -0.2) is 4.68 Å². The molecule has 2 aromatic carbocycles. The lowest BCUT2D eigenvalue weighted by Gasteiger charge is -2.18. The van der Waals surface area contributed by atoms with Gasteiger partial charge >= 0.3 is 5.97 Å². The summed E-state index contributed by atoms with van der Waals surface area (Å²) in [6, 6.07) is 14.5. The van der Waals surface area contributed by atoms with E-state index in [9.17, 15) is 9.59 Å². The molecule has 1 aromatic heterocycles. The predicted molar refractivity (Wildman–Crippen MR) is 114 cm³/mol. The summed E-state index contributed by atoms with van der Waals surface area (Å²) in [5, 5.41) is 4.82. The first-order valence-electron chi connectivity index (χ1n) is 9.91. The Balaban J connectivity index is 1.33. The number of carbonyl (C=O) groups is 2. The standard InChI is InChI=1S/C23H21ClN2O5/c1-15-18(23(24)26(25-15)17-5-3-2-4-6-17)14-31-22(28)10-8-19(27)16-7-9-20-21(13-16)30-12-11-29-20/h2-7,9,13H,8,10-12,14H2,1H3. The molecule has 7 nitrogen and oxygen atoms in total. The smallest absolute Gasteiger partial charge is 0.306 e. The molecule has 0 amide bonds. The molecule has 160 valence electrons. The van der Waals surface area contributed by atoms with Gasteiger partial charge in [0.1, 0.15) is 25.0 Å². The van der Waals surface area contributed by atoms with Crippen molar-refractivity contribution >= 4 is 23.4 Å². The van der Waals surface area contributed by atoms with Crippen LogP contribution < -0.4 is 9.47 Å². The van der Waals surface area contributed by atoms with Gasteiger partial charge in [-0.3, -0.25) is 9.59 Å². The summed E-state index contributed by atoms with van der Waals surface area (Å²) >= 11 is 6.45. The second kappa shape index (κ2) is 9.22. The summed E-state index contributed by atoms with van der Waals surface area (Å²) in [5.74, 6) is 0.514. The molecule has 0 bridgehead atoms. The van der Waals surface area contributed by atoms with Gasteiger partial charge in [-0.05, 0) is 37.3 Å². The van der Waals surface area contributed by atoms with Crippen LogP contribution in [0, 0.1) is 6.92 Å². The molecule has 0 saturated carbocycles. The minimum Gasteiger partial charge on any atom is -0.486 e. The summed E-state index contributed by atoms with van der Waals surface area (Å²) in [6.07, 6.45) is 0.00519. The third-order valence-corrected chi connectivity index (χ3v) is 5.31. The van der Waals surface area contributed by atoms with Crippen molar-refractivity contribution < 1.29 is 23.8 Å². The van der Waals surface area contributed by atoms with Gasteiger partial charge in [0.15, 0.2) is 17.3 Å². The molecule has 0 spiro atoms. The first-order valence-corrected chi connectivity index (χ1v) is 10.3. The van der Waals surface area contributed by atoms with E-state index in [2.05, 4.69) is 5.10 Å². The van der Waals surface area contributed by atoms with Crippen molar-refractivity contribution in [2.24, 2.45) is 0 Å². The van der Waals surface area contributed by atoms with Crippen LogP contribution in [0.1, 0.15) is 34.5 Å². The molecule has 31 heavy (non-hydrogen) atoms. The first kappa shape index (κ1) is 20.9. The molecule has 1 aliphatic rings. The Hall–Kier alpha value is -3.32. The normalized spacial score (nSPS) is 12.5. The summed E-state index contributed by atoms with van der Waals surface area (Å²) in [5.41, 5.74) is 2.60. The zero-order valence-corrected chi connectivity index (χ0v) is 17.7. The zero-order chi connectivity index (χ0) is 21.8. The molecule has 0 fully saturated rings. The minimum absolute atomic E-state index is 0.00541. The van der Waals surface area contributed by atoms with Gasteiger partial charge in [0.25, 0.3) is 0 Å². The summed E-state index contributed by atoms with van der Waals surface area (Å²) in [4.78, 5) is 24.6. The molecule has 0 unspecified atom stereocenters. The van der Waals surface area contributed by atoms with Crippen LogP contribution in [0.2, 0.25) is 5.15 Å². The second-order valence-electron chi connectivity index (χ2n) is 7.04. The van der Waals surface area contributed by atoms with Gasteiger partial charge in [0.05, 0.1) is 17.8 Å². The van der Waals surface area contributed by atoms with Crippen molar-refractivity contribution in [2.45, 2.75) is 26.4 Å². The van der Waals surface area contributed by atoms with Crippen molar-refractivity contribution in [2.75, 3.05) is 13.2 Å². The maximum atomic E-state index is 12.4. The number of nitrogens with zero attached hydrogens (tertiary/aromatic N) is 2. The number of hydrogen-bond acceptors (Lipinski definition) is 6. The highest BCUT2D eigenvalue weighted by atomic mass is 35.5. The van der Waals surface area contributed by atoms with Crippen molar-refractivity contribution in [3.8, 4) is 17.2 Å². The Morgan fingerprint density at radius 2 is 1.81 bits per heavy atom. The maximum absolute atomic E-state index is 12.4. The van der Waals surface area contributed by atoms with E-state index >= 15 is 0 Å². The molecular weight excluding hydrogens is 420 g/mol. The number of aromatic nitrogens is 2. The van der Waals surface area contributed by atoms with Gasteiger partial charge < -0.3 is 14.2 Å². The van der Waals surface area contributed by atoms with Crippen LogP contribution in [0.4, 0.5) is 0 Å². The van der Waals surface area contributed by atoms with E-state index in [1.54, 1.807) is 29.8 Å². The average Bonchev–Trinajstić information content (AvgIpc) is 3.09. The zero-order valence-electron chi connectivity index (χ0n) is 17.0. The molecule has 0 radical (unpaired) electrons. The van der Waals surface area contributed by atoms with Gasteiger partial charge in [0.2, 0.25) is 0 Å². The van der Waals surface area contributed by atoms with Crippen molar-refractivity contribution in [1.29, 1.82) is 0 Å². The largest absolute Gasteiger partial charge is 0.486 e. The first-order chi connectivity index (χ1) is 15.0. The number of Topliss-reactive ketones (excluding diaryl/α,β-unsaturated/α-hetero) is 1. The molecule has 2 heterocycles. The van der Waals surface area contributed by atoms with Crippen LogP contribution >= 0.6 is 11.6 Å². The average molecular weight is 441 g/mol. The molecule has 1 aliphatic heterocycles. The molecule has 0 saturated heterocycles. The Morgan fingerprint density at radius 3 is 2.58 bits per heavy atom. The number of fused-ring (bicyclic) bond motifs is 1. The number of ether oxygens (including phenoxy) is 3. The van der Waals surface area contributed by atoms with Crippen LogP contribution in [-0.2, 0) is 16.1 Å². The quantitative estimate of drug-likeness (QED) is 0.402. The fourth-order valence-electron chi connectivity index (χ4n) is 3.24. The van der Waals surface area contributed by atoms with Gasteiger partial charge in [-0.2, -0.15) is 5.10 Å². The number of rotatable bonds is 7. The van der Waals surface area contributed by atoms with Crippen LogP contribution in [0.15, 0.2) is 48.5 Å². The Bertz CT molecular complexity index is 1110. The SMILES string of the molecule is Cc1nn(-c2ccccc2)c(Cl)c1COC(=O)CCC(=O)c1ccc2c(c1)OCCO2. The number of ketones is 1. The lowest BCUT2D eigenvalue weighted by Crippen LogP contribution is -2.16. The third kappa shape index (κ3) is 4.72. The predicted octanol–water partition coefficient (Wildman–Crippen LogP) is 4.31. The molecule has 8 heteroatoms. The van der Waals surface area contributed by atoms with E-state index in [0.29, 0.717) is 46.7 Å². The van der Waals surface area contributed by atoms with Gasteiger partial charge in [-0.15, -0.1) is 0 Å². The van der Waals surface area contributed by atoms with Crippen LogP contribution in [0.25, 0.3) is 5.69 Å². The van der Waals surface area contributed by atoms with Crippen molar-refractivity contribution in [3.63, 3.8) is 0 Å². The lowest BCUT2D eigenvalue weighted by molar-refractivity contribution is -0.144. The highest BCUT2D eigenvalue weighted by Crippen LogP contribution is 2.31. The highest BCUT2D eigenvalue weighted by Gasteiger charge is 2.18. The van der Waals surface area contributed by atoms with E-state index in [0.717, 1.165) is 5.69 Å². The molecule has 3 aromatic rings. The molecular formula is C23H21ClN2O5. The molecule has 0 N–H and O–H groups in total. The highest BCUT2D eigenvalue weighted by molar-refractivity contribution is 6.30. The second-order valence-corrected chi connectivity index (χ2v) is 7.40. The third-order valence-electron chi connectivity index (χ3n) is 4.92.